The number of aromatic nitrogens is 2. The molecule has 110 valence electrons. The number of hydrogen-bond acceptors (Lipinski definition) is 3. The number of amides is 1. The summed E-state index contributed by atoms with van der Waals surface area (Å²) in [5, 5.41) is 3.14. The van der Waals surface area contributed by atoms with E-state index in [2.05, 4.69) is 31.1 Å². The number of nitrogens with zero attached hydrogens (tertiary/aromatic N) is 3. The summed E-state index contributed by atoms with van der Waals surface area (Å²) in [5.74, 6) is 0.684. The Hall–Kier alpha value is -1.40. The third kappa shape index (κ3) is 2.58. The summed E-state index contributed by atoms with van der Waals surface area (Å²) in [6.45, 7) is 3.36. The highest BCUT2D eigenvalue weighted by Crippen LogP contribution is 2.26. The maximum Gasteiger partial charge on any atom is 0.270 e. The van der Waals surface area contributed by atoms with E-state index in [1.54, 1.807) is 6.33 Å². The topological polar surface area (TPSA) is 49.6 Å². The Bertz CT molecular complexity index is 686. The summed E-state index contributed by atoms with van der Waals surface area (Å²) in [4.78, 5) is 19.1. The number of carbonyl (C=O) groups is 1. The summed E-state index contributed by atoms with van der Waals surface area (Å²) in [5.41, 5.74) is 1.45. The molecule has 1 amide bonds. The smallest absolute Gasteiger partial charge is 0.270 e. The van der Waals surface area contributed by atoms with Crippen molar-refractivity contribution < 1.29 is 4.79 Å². The Kier molecular flexibility index (Phi) is 3.23. The molecule has 0 aromatic carbocycles. The van der Waals surface area contributed by atoms with Gasteiger partial charge in [-0.3, -0.25) is 4.79 Å². The predicted molar refractivity (Wildman–Crippen MR) is 83.3 cm³/mol. The Labute approximate surface area is 131 Å². The summed E-state index contributed by atoms with van der Waals surface area (Å²) >= 11 is 3.43. The summed E-state index contributed by atoms with van der Waals surface area (Å²) in [7, 11) is 0. The molecule has 0 radical (unpaired) electrons. The molecule has 2 aromatic rings. The van der Waals surface area contributed by atoms with Crippen molar-refractivity contribution in [2.24, 2.45) is 5.92 Å². The summed E-state index contributed by atoms with van der Waals surface area (Å²) in [6.07, 6.45) is 5.98. The van der Waals surface area contributed by atoms with Crippen LogP contribution in [0.25, 0.3) is 5.52 Å². The Morgan fingerprint density at radius 3 is 3.14 bits per heavy atom. The van der Waals surface area contributed by atoms with Crippen LogP contribution in [0.4, 0.5) is 0 Å². The fourth-order valence-corrected chi connectivity index (χ4v) is 3.98. The van der Waals surface area contributed by atoms with Gasteiger partial charge in [-0.1, -0.05) is 0 Å². The molecule has 6 heteroatoms. The Morgan fingerprint density at radius 2 is 2.29 bits per heavy atom. The molecule has 4 heterocycles. The molecule has 21 heavy (non-hydrogen) atoms. The molecule has 2 fully saturated rings. The summed E-state index contributed by atoms with van der Waals surface area (Å²) in [6, 6.07) is 4.07. The van der Waals surface area contributed by atoms with Crippen LogP contribution in [-0.4, -0.2) is 45.9 Å². The first-order chi connectivity index (χ1) is 10.2. The lowest BCUT2D eigenvalue weighted by Crippen LogP contribution is -2.47. The minimum atomic E-state index is -0.0673. The zero-order valence-electron chi connectivity index (χ0n) is 11.6. The quantitative estimate of drug-likeness (QED) is 0.901. The molecule has 2 aliphatic heterocycles. The van der Waals surface area contributed by atoms with Gasteiger partial charge in [-0.15, -0.1) is 0 Å². The second kappa shape index (κ2) is 5.10. The average molecular weight is 349 g/mol. The van der Waals surface area contributed by atoms with Gasteiger partial charge in [-0.2, -0.15) is 0 Å². The van der Waals surface area contributed by atoms with Crippen LogP contribution >= 0.6 is 15.9 Å². The van der Waals surface area contributed by atoms with Gasteiger partial charge in [0.05, 0.1) is 0 Å². The van der Waals surface area contributed by atoms with Crippen molar-refractivity contribution in [2.45, 2.75) is 18.9 Å². The van der Waals surface area contributed by atoms with E-state index < -0.39 is 0 Å². The van der Waals surface area contributed by atoms with Crippen molar-refractivity contribution in [3.05, 3.63) is 34.8 Å². The molecule has 3 atom stereocenters. The number of rotatable bonds is 2. The van der Waals surface area contributed by atoms with Crippen molar-refractivity contribution in [1.82, 2.24) is 19.6 Å². The van der Waals surface area contributed by atoms with Crippen molar-refractivity contribution in [3.8, 4) is 0 Å². The molecule has 4 rings (SSSR count). The van der Waals surface area contributed by atoms with E-state index in [1.165, 1.54) is 19.5 Å². The van der Waals surface area contributed by atoms with Crippen LogP contribution in [0.3, 0.4) is 0 Å². The Morgan fingerprint density at radius 1 is 1.38 bits per heavy atom. The third-order valence-electron chi connectivity index (χ3n) is 4.49. The zero-order valence-corrected chi connectivity index (χ0v) is 13.2. The normalized spacial score (nSPS) is 28.0. The van der Waals surface area contributed by atoms with Gasteiger partial charge in [0.25, 0.3) is 5.91 Å². The minimum Gasteiger partial charge on any atom is -0.347 e. The monoisotopic (exact) mass is 348 g/mol. The molecule has 2 aliphatic rings. The highest BCUT2D eigenvalue weighted by molar-refractivity contribution is 9.10. The number of hydrogen-bond donors (Lipinski definition) is 1. The molecule has 0 aliphatic carbocycles. The maximum absolute atomic E-state index is 12.4. The van der Waals surface area contributed by atoms with Crippen LogP contribution in [0, 0.1) is 5.92 Å². The van der Waals surface area contributed by atoms with Crippen LogP contribution in [0.15, 0.2) is 29.1 Å². The van der Waals surface area contributed by atoms with Gasteiger partial charge in [0.15, 0.2) is 0 Å². The number of fused-ring (bicyclic) bond motifs is 3. The molecule has 5 nitrogen and oxygen atoms in total. The second-order valence-electron chi connectivity index (χ2n) is 6.08. The highest BCUT2D eigenvalue weighted by Gasteiger charge is 2.33. The van der Waals surface area contributed by atoms with Crippen LogP contribution < -0.4 is 5.32 Å². The van der Waals surface area contributed by atoms with Crippen molar-refractivity contribution >= 4 is 27.4 Å². The number of nitrogens with one attached hydrogen (secondary N) is 1. The SMILES string of the molecule is O=C(N[C@@H]1CC2CCN(C2)C1)c1cc2cc(Br)cn2cn1. The molecule has 0 saturated carbocycles. The fourth-order valence-electron chi connectivity index (χ4n) is 3.53. The van der Waals surface area contributed by atoms with Gasteiger partial charge >= 0.3 is 0 Å². The van der Waals surface area contributed by atoms with Gasteiger partial charge in [0, 0.05) is 35.3 Å². The molecule has 1 N–H and O–H groups in total. The number of halogens is 1. The van der Waals surface area contributed by atoms with E-state index in [9.17, 15) is 4.79 Å². The molecule has 2 unspecified atom stereocenters. The molecule has 2 aromatic heterocycles. The van der Waals surface area contributed by atoms with Gasteiger partial charge in [0.2, 0.25) is 0 Å². The van der Waals surface area contributed by atoms with E-state index in [1.807, 2.05) is 22.7 Å². The first-order valence-corrected chi connectivity index (χ1v) is 8.13. The maximum atomic E-state index is 12.4. The van der Waals surface area contributed by atoms with Gasteiger partial charge in [0.1, 0.15) is 12.0 Å². The fraction of sp³-hybridized carbons (Fsp3) is 0.467. The van der Waals surface area contributed by atoms with E-state index in [4.69, 9.17) is 0 Å². The molecule has 2 saturated heterocycles. The lowest BCUT2D eigenvalue weighted by molar-refractivity contribution is 0.0904. The molecule has 0 spiro atoms. The van der Waals surface area contributed by atoms with Gasteiger partial charge in [-0.25, -0.2) is 4.98 Å². The Balaban J connectivity index is 1.50. The standard InChI is InChI=1S/C15H17BrN4O/c16-11-4-13-5-14(17-9-20(13)7-11)15(21)18-12-3-10-1-2-19(6-10)8-12/h4-5,7,9-10,12H,1-3,6,8H2,(H,18,21)/t10?,12-/m1/s1. The van der Waals surface area contributed by atoms with Gasteiger partial charge < -0.3 is 14.6 Å². The molecular formula is C15H17BrN4O. The van der Waals surface area contributed by atoms with E-state index in [0.29, 0.717) is 5.69 Å². The second-order valence-corrected chi connectivity index (χ2v) is 7.00. The van der Waals surface area contributed by atoms with Crippen LogP contribution in [0.5, 0.6) is 0 Å². The highest BCUT2D eigenvalue weighted by atomic mass is 79.9. The first-order valence-electron chi connectivity index (χ1n) is 7.34. The average Bonchev–Trinajstić information content (AvgIpc) is 2.99. The lowest BCUT2D eigenvalue weighted by atomic mass is 9.97. The van der Waals surface area contributed by atoms with Crippen LogP contribution in [0.1, 0.15) is 23.3 Å². The molecular weight excluding hydrogens is 332 g/mol. The lowest BCUT2D eigenvalue weighted by Gasteiger charge is -2.30. The largest absolute Gasteiger partial charge is 0.347 e. The minimum absolute atomic E-state index is 0.0673. The van der Waals surface area contributed by atoms with Crippen molar-refractivity contribution in [2.75, 3.05) is 19.6 Å². The van der Waals surface area contributed by atoms with E-state index >= 15 is 0 Å². The number of carbonyl (C=O) groups excluding carboxylic acids is 1. The van der Waals surface area contributed by atoms with Crippen molar-refractivity contribution in [3.63, 3.8) is 0 Å². The number of piperidine rings is 1. The molecule has 2 bridgehead atoms. The van der Waals surface area contributed by atoms with Crippen LogP contribution in [0.2, 0.25) is 0 Å². The van der Waals surface area contributed by atoms with E-state index in [-0.39, 0.29) is 11.9 Å². The van der Waals surface area contributed by atoms with Gasteiger partial charge in [-0.05, 0) is 53.4 Å². The summed E-state index contributed by atoms with van der Waals surface area (Å²) < 4.78 is 2.88. The van der Waals surface area contributed by atoms with Crippen molar-refractivity contribution in [1.29, 1.82) is 0 Å². The predicted octanol–water partition coefficient (Wildman–Crippen LogP) is 1.92. The van der Waals surface area contributed by atoms with Crippen LogP contribution in [-0.2, 0) is 0 Å². The zero-order chi connectivity index (χ0) is 14.4. The third-order valence-corrected chi connectivity index (χ3v) is 4.92. The van der Waals surface area contributed by atoms with E-state index in [0.717, 1.165) is 28.9 Å². The first kappa shape index (κ1) is 13.3.